The molecule has 1 heterocycles. The minimum absolute atomic E-state index is 0.0275. The van der Waals surface area contributed by atoms with Crippen LogP contribution in [-0.2, 0) is 12.8 Å². The Bertz CT molecular complexity index is 706. The molecule has 1 aromatic heterocycles. The summed E-state index contributed by atoms with van der Waals surface area (Å²) in [6.07, 6.45) is 5.31. The third-order valence-corrected chi connectivity index (χ3v) is 5.11. The van der Waals surface area contributed by atoms with Crippen molar-refractivity contribution in [3.63, 3.8) is 0 Å². The summed E-state index contributed by atoms with van der Waals surface area (Å²) in [5.74, 6) is 0.382. The van der Waals surface area contributed by atoms with Crippen molar-refractivity contribution in [3.8, 4) is 0 Å². The molecule has 0 spiro atoms. The Morgan fingerprint density at radius 1 is 1.27 bits per heavy atom. The minimum atomic E-state index is -0.140. The molecule has 22 heavy (non-hydrogen) atoms. The Hall–Kier alpha value is -2.10. The van der Waals surface area contributed by atoms with E-state index in [1.807, 2.05) is 6.07 Å². The second kappa shape index (κ2) is 4.97. The van der Waals surface area contributed by atoms with Gasteiger partial charge in [0.15, 0.2) is 5.69 Å². The Balaban J connectivity index is 1.50. The molecule has 0 bridgehead atoms. The summed E-state index contributed by atoms with van der Waals surface area (Å²) in [6, 6.07) is 10.4. The number of hydrogen-bond acceptors (Lipinski definition) is 2. The molecular weight excluding hydrogens is 274 g/mol. The summed E-state index contributed by atoms with van der Waals surface area (Å²) in [5, 5.41) is 10.5. The van der Waals surface area contributed by atoms with Crippen molar-refractivity contribution in [2.45, 2.75) is 50.5 Å². The normalized spacial score (nSPS) is 26.3. The molecule has 0 aliphatic heterocycles. The highest BCUT2D eigenvalue weighted by Crippen LogP contribution is 2.51. The zero-order valence-corrected chi connectivity index (χ0v) is 12.9. The number of fused-ring (bicyclic) bond motifs is 1. The number of benzene rings is 1. The molecule has 2 atom stereocenters. The third-order valence-electron chi connectivity index (χ3n) is 5.11. The fraction of sp³-hybridized carbons (Fsp3) is 0.444. The Morgan fingerprint density at radius 3 is 2.86 bits per heavy atom. The van der Waals surface area contributed by atoms with Crippen molar-refractivity contribution in [3.05, 3.63) is 52.8 Å². The van der Waals surface area contributed by atoms with E-state index in [1.54, 1.807) is 0 Å². The maximum atomic E-state index is 12.6. The first-order chi connectivity index (χ1) is 10.7. The van der Waals surface area contributed by atoms with Gasteiger partial charge in [-0.2, -0.15) is 5.10 Å². The van der Waals surface area contributed by atoms with Crippen LogP contribution in [0.4, 0.5) is 0 Å². The summed E-state index contributed by atoms with van der Waals surface area (Å²) in [5.41, 5.74) is 4.05. The highest BCUT2D eigenvalue weighted by atomic mass is 16.2. The first kappa shape index (κ1) is 13.6. The van der Waals surface area contributed by atoms with Crippen LogP contribution in [-0.4, -0.2) is 21.6 Å². The molecule has 0 unspecified atom stereocenters. The predicted octanol–water partition coefficient (Wildman–Crippen LogP) is 2.96. The molecule has 1 amide bonds. The van der Waals surface area contributed by atoms with Crippen molar-refractivity contribution in [2.24, 2.45) is 0 Å². The van der Waals surface area contributed by atoms with Crippen LogP contribution in [0.25, 0.3) is 0 Å². The molecule has 0 radical (unpaired) electrons. The van der Waals surface area contributed by atoms with Gasteiger partial charge in [-0.1, -0.05) is 30.3 Å². The molecule has 1 saturated carbocycles. The summed E-state index contributed by atoms with van der Waals surface area (Å²) in [4.78, 5) is 12.6. The third kappa shape index (κ3) is 2.23. The summed E-state index contributed by atoms with van der Waals surface area (Å²) in [7, 11) is 0. The first-order valence-electron chi connectivity index (χ1n) is 8.11. The van der Waals surface area contributed by atoms with E-state index in [-0.39, 0.29) is 11.4 Å². The predicted molar refractivity (Wildman–Crippen MR) is 84.9 cm³/mol. The lowest BCUT2D eigenvalue weighted by Crippen LogP contribution is -2.36. The smallest absolute Gasteiger partial charge is 0.272 e. The number of carbonyl (C=O) groups excluding carboxylic acids is 1. The fourth-order valence-corrected chi connectivity index (χ4v) is 3.66. The molecule has 2 aliphatic carbocycles. The number of nitrogens with zero attached hydrogens (tertiary/aromatic N) is 1. The quantitative estimate of drug-likeness (QED) is 0.914. The molecule has 2 aromatic rings. The number of carbonyl (C=O) groups is 1. The van der Waals surface area contributed by atoms with E-state index in [0.29, 0.717) is 11.6 Å². The van der Waals surface area contributed by atoms with Crippen LogP contribution < -0.4 is 5.32 Å². The summed E-state index contributed by atoms with van der Waals surface area (Å²) in [6.45, 7) is 2.13. The SMILES string of the molecule is C[C@]1(NC(=O)c2n[nH]c3c2CCCC3)C[C@@H]1c1ccccc1. The molecule has 1 fully saturated rings. The number of aromatic amines is 1. The molecule has 1 aromatic carbocycles. The van der Waals surface area contributed by atoms with Crippen LogP contribution in [0.5, 0.6) is 0 Å². The standard InChI is InChI=1S/C18H21N3O/c1-18(11-14(18)12-7-3-2-4-8-12)19-17(22)16-13-9-5-6-10-15(13)20-21-16/h2-4,7-8,14H,5-6,9-11H2,1H3,(H,19,22)(H,20,21)/t14-,18+/m1/s1. The number of H-pyrrole nitrogens is 1. The maximum Gasteiger partial charge on any atom is 0.272 e. The highest BCUT2D eigenvalue weighted by molar-refractivity contribution is 5.95. The van der Waals surface area contributed by atoms with E-state index in [4.69, 9.17) is 0 Å². The topological polar surface area (TPSA) is 57.8 Å². The molecular formula is C18H21N3O. The van der Waals surface area contributed by atoms with Gasteiger partial charge in [-0.25, -0.2) is 0 Å². The van der Waals surface area contributed by atoms with E-state index in [9.17, 15) is 4.79 Å². The van der Waals surface area contributed by atoms with Gasteiger partial charge in [-0.3, -0.25) is 9.89 Å². The van der Waals surface area contributed by atoms with Crippen molar-refractivity contribution < 1.29 is 4.79 Å². The van der Waals surface area contributed by atoms with Crippen molar-refractivity contribution in [1.82, 2.24) is 15.5 Å². The minimum Gasteiger partial charge on any atom is -0.345 e. The summed E-state index contributed by atoms with van der Waals surface area (Å²) < 4.78 is 0. The van der Waals surface area contributed by atoms with Crippen LogP contribution in [0.2, 0.25) is 0 Å². The molecule has 2 N–H and O–H groups in total. The number of aryl methyl sites for hydroxylation is 1. The van der Waals surface area contributed by atoms with Gasteiger partial charge in [0.05, 0.1) is 0 Å². The summed E-state index contributed by atoms with van der Waals surface area (Å²) >= 11 is 0. The van der Waals surface area contributed by atoms with E-state index < -0.39 is 0 Å². The van der Waals surface area contributed by atoms with Gasteiger partial charge in [0, 0.05) is 22.7 Å². The monoisotopic (exact) mass is 295 g/mol. The lowest BCUT2D eigenvalue weighted by Gasteiger charge is -2.15. The molecule has 4 heteroatoms. The van der Waals surface area contributed by atoms with Crippen LogP contribution in [0, 0.1) is 0 Å². The van der Waals surface area contributed by atoms with Gasteiger partial charge in [-0.15, -0.1) is 0 Å². The lowest BCUT2D eigenvalue weighted by atomic mass is 9.95. The van der Waals surface area contributed by atoms with Gasteiger partial charge >= 0.3 is 0 Å². The molecule has 114 valence electrons. The van der Waals surface area contributed by atoms with Crippen molar-refractivity contribution in [1.29, 1.82) is 0 Å². The molecule has 0 saturated heterocycles. The van der Waals surface area contributed by atoms with Gasteiger partial charge in [0.1, 0.15) is 0 Å². The maximum absolute atomic E-state index is 12.6. The second-order valence-corrected chi connectivity index (χ2v) is 6.78. The van der Waals surface area contributed by atoms with E-state index in [2.05, 4.69) is 46.7 Å². The average molecular weight is 295 g/mol. The number of rotatable bonds is 3. The lowest BCUT2D eigenvalue weighted by molar-refractivity contribution is 0.0928. The van der Waals surface area contributed by atoms with E-state index in [1.165, 1.54) is 12.0 Å². The zero-order chi connectivity index (χ0) is 15.2. The van der Waals surface area contributed by atoms with Crippen LogP contribution >= 0.6 is 0 Å². The molecule has 2 aliphatic rings. The Kier molecular flexibility index (Phi) is 3.06. The van der Waals surface area contributed by atoms with Crippen LogP contribution in [0.15, 0.2) is 30.3 Å². The number of hydrogen-bond donors (Lipinski definition) is 2. The van der Waals surface area contributed by atoms with Gasteiger partial charge in [-0.05, 0) is 44.6 Å². The largest absolute Gasteiger partial charge is 0.345 e. The Morgan fingerprint density at radius 2 is 2.05 bits per heavy atom. The van der Waals surface area contributed by atoms with Gasteiger partial charge < -0.3 is 5.32 Å². The fourth-order valence-electron chi connectivity index (χ4n) is 3.66. The molecule has 4 nitrogen and oxygen atoms in total. The van der Waals surface area contributed by atoms with Gasteiger partial charge in [0.25, 0.3) is 5.91 Å². The first-order valence-corrected chi connectivity index (χ1v) is 8.11. The second-order valence-electron chi connectivity index (χ2n) is 6.78. The number of nitrogens with one attached hydrogen (secondary N) is 2. The van der Waals surface area contributed by atoms with Gasteiger partial charge in [0.2, 0.25) is 0 Å². The average Bonchev–Trinajstić information content (AvgIpc) is 3.02. The number of amides is 1. The highest BCUT2D eigenvalue weighted by Gasteiger charge is 2.52. The van der Waals surface area contributed by atoms with Crippen molar-refractivity contribution >= 4 is 5.91 Å². The van der Waals surface area contributed by atoms with Crippen LogP contribution in [0.1, 0.15) is 59.4 Å². The molecule has 4 rings (SSSR count). The van der Waals surface area contributed by atoms with E-state index in [0.717, 1.165) is 36.9 Å². The van der Waals surface area contributed by atoms with E-state index >= 15 is 0 Å². The van der Waals surface area contributed by atoms with Crippen LogP contribution in [0.3, 0.4) is 0 Å². The zero-order valence-electron chi connectivity index (χ0n) is 12.9. The Labute approximate surface area is 130 Å². The number of aromatic nitrogens is 2. The van der Waals surface area contributed by atoms with Crippen molar-refractivity contribution in [2.75, 3.05) is 0 Å².